The van der Waals surface area contributed by atoms with Gasteiger partial charge in [0, 0.05) is 4.90 Å². The molecule has 0 aliphatic heterocycles. The first-order valence-corrected chi connectivity index (χ1v) is 6.66. The van der Waals surface area contributed by atoms with Crippen LogP contribution in [0.25, 0.3) is 0 Å². The van der Waals surface area contributed by atoms with E-state index >= 15 is 0 Å². The molecule has 0 aliphatic rings. The number of benzene rings is 1. The van der Waals surface area contributed by atoms with Gasteiger partial charge >= 0.3 is 5.97 Å². The number of hydrogen-bond acceptors (Lipinski definition) is 4. The third-order valence-electron chi connectivity index (χ3n) is 2.02. The summed E-state index contributed by atoms with van der Waals surface area (Å²) in [4.78, 5) is 12.4. The monoisotopic (exact) mass is 263 g/mol. The van der Waals surface area contributed by atoms with Crippen molar-refractivity contribution in [3.8, 4) is 6.07 Å². The molecule has 0 atom stereocenters. The van der Waals surface area contributed by atoms with E-state index < -0.39 is 5.60 Å². The lowest BCUT2D eigenvalue weighted by molar-refractivity contribution is -0.151. The van der Waals surface area contributed by atoms with Crippen molar-refractivity contribution in [3.05, 3.63) is 29.3 Å². The predicted octanol–water partition coefficient (Wildman–Crippen LogP) is 3.30. The minimum absolute atomic E-state index is 0.218. The summed E-state index contributed by atoms with van der Waals surface area (Å²) < 4.78 is 5.22. The molecule has 1 rings (SSSR count). The van der Waals surface area contributed by atoms with Crippen molar-refractivity contribution >= 4 is 17.7 Å². The zero-order valence-electron chi connectivity index (χ0n) is 11.1. The first-order chi connectivity index (χ1) is 8.31. The molecule has 0 aliphatic carbocycles. The number of carbonyl (C=O) groups is 1. The standard InChI is InChI=1S/C14H17NO2S/c1-10-5-6-11(8-15)12(7-10)18-9-13(16)17-14(2,3)4/h5-7H,9H2,1-4H3. The molecule has 0 fully saturated rings. The summed E-state index contributed by atoms with van der Waals surface area (Å²) in [6.45, 7) is 7.47. The molecule has 0 saturated carbocycles. The smallest absolute Gasteiger partial charge is 0.316 e. The number of esters is 1. The van der Waals surface area contributed by atoms with Gasteiger partial charge in [0.2, 0.25) is 0 Å². The Morgan fingerprint density at radius 3 is 2.67 bits per heavy atom. The van der Waals surface area contributed by atoms with E-state index in [0.29, 0.717) is 5.56 Å². The van der Waals surface area contributed by atoms with Gasteiger partial charge in [0.1, 0.15) is 11.7 Å². The Balaban J connectivity index is 2.67. The lowest BCUT2D eigenvalue weighted by atomic mass is 10.2. The fourth-order valence-electron chi connectivity index (χ4n) is 1.35. The number of carbonyl (C=O) groups excluding carboxylic acids is 1. The third-order valence-corrected chi connectivity index (χ3v) is 3.05. The number of nitrogens with zero attached hydrogens (tertiary/aromatic N) is 1. The largest absolute Gasteiger partial charge is 0.459 e. The first-order valence-electron chi connectivity index (χ1n) is 5.67. The van der Waals surface area contributed by atoms with Gasteiger partial charge in [0.05, 0.1) is 11.3 Å². The van der Waals surface area contributed by atoms with Crippen LogP contribution in [0.1, 0.15) is 31.9 Å². The van der Waals surface area contributed by atoms with Crippen molar-refractivity contribution < 1.29 is 9.53 Å². The van der Waals surface area contributed by atoms with Crippen LogP contribution >= 0.6 is 11.8 Å². The molecule has 0 spiro atoms. The number of thioether (sulfide) groups is 1. The van der Waals surface area contributed by atoms with Crippen molar-refractivity contribution in [2.45, 2.75) is 38.2 Å². The highest BCUT2D eigenvalue weighted by atomic mass is 32.2. The second-order valence-electron chi connectivity index (χ2n) is 4.99. The summed E-state index contributed by atoms with van der Waals surface area (Å²) in [5, 5.41) is 8.98. The van der Waals surface area contributed by atoms with Gasteiger partial charge in [0.15, 0.2) is 0 Å². The molecule has 96 valence electrons. The molecule has 0 unspecified atom stereocenters. The number of hydrogen-bond donors (Lipinski definition) is 0. The van der Waals surface area contributed by atoms with Gasteiger partial charge in [-0.2, -0.15) is 5.26 Å². The Morgan fingerprint density at radius 2 is 2.11 bits per heavy atom. The number of ether oxygens (including phenoxy) is 1. The number of rotatable bonds is 3. The normalized spacial score (nSPS) is 10.8. The van der Waals surface area contributed by atoms with E-state index in [-0.39, 0.29) is 11.7 Å². The average molecular weight is 263 g/mol. The van der Waals surface area contributed by atoms with Gasteiger partial charge < -0.3 is 4.74 Å². The Kier molecular flexibility index (Phi) is 4.80. The highest BCUT2D eigenvalue weighted by Crippen LogP contribution is 2.24. The van der Waals surface area contributed by atoms with Crippen molar-refractivity contribution in [1.82, 2.24) is 0 Å². The molecule has 1 aromatic carbocycles. The minimum atomic E-state index is -0.470. The van der Waals surface area contributed by atoms with Crippen LogP contribution in [0.4, 0.5) is 0 Å². The second kappa shape index (κ2) is 5.92. The fraction of sp³-hybridized carbons (Fsp3) is 0.429. The van der Waals surface area contributed by atoms with E-state index in [9.17, 15) is 4.79 Å². The van der Waals surface area contributed by atoms with Crippen LogP contribution in [-0.2, 0) is 9.53 Å². The average Bonchev–Trinajstić information content (AvgIpc) is 2.24. The van der Waals surface area contributed by atoms with Gasteiger partial charge in [0.25, 0.3) is 0 Å². The molecule has 18 heavy (non-hydrogen) atoms. The van der Waals surface area contributed by atoms with Crippen LogP contribution in [0.2, 0.25) is 0 Å². The highest BCUT2D eigenvalue weighted by Gasteiger charge is 2.16. The summed E-state index contributed by atoms with van der Waals surface area (Å²) in [5.41, 5.74) is 1.19. The van der Waals surface area contributed by atoms with Crippen molar-refractivity contribution in [3.63, 3.8) is 0 Å². The minimum Gasteiger partial charge on any atom is -0.459 e. The maximum absolute atomic E-state index is 11.6. The van der Waals surface area contributed by atoms with Crippen LogP contribution in [0.5, 0.6) is 0 Å². The van der Waals surface area contributed by atoms with Crippen LogP contribution in [0.3, 0.4) is 0 Å². The Hall–Kier alpha value is -1.47. The van der Waals surface area contributed by atoms with Crippen LogP contribution in [-0.4, -0.2) is 17.3 Å². The lowest BCUT2D eigenvalue weighted by Crippen LogP contribution is -2.24. The summed E-state index contributed by atoms with van der Waals surface area (Å²) >= 11 is 1.34. The molecule has 0 aromatic heterocycles. The quantitative estimate of drug-likeness (QED) is 0.620. The summed E-state index contributed by atoms with van der Waals surface area (Å²) in [6.07, 6.45) is 0. The van der Waals surface area contributed by atoms with E-state index in [2.05, 4.69) is 6.07 Å². The molecule has 0 saturated heterocycles. The summed E-state index contributed by atoms with van der Waals surface area (Å²) in [6, 6.07) is 7.69. The van der Waals surface area contributed by atoms with Gasteiger partial charge in [-0.3, -0.25) is 4.79 Å². The van der Waals surface area contributed by atoms with Gasteiger partial charge in [-0.15, -0.1) is 11.8 Å². The molecule has 0 amide bonds. The Morgan fingerprint density at radius 1 is 1.44 bits per heavy atom. The molecule has 0 heterocycles. The Labute approximate surface area is 112 Å². The topological polar surface area (TPSA) is 50.1 Å². The molecule has 3 nitrogen and oxygen atoms in total. The molecular weight excluding hydrogens is 246 g/mol. The zero-order chi connectivity index (χ0) is 13.8. The van der Waals surface area contributed by atoms with Crippen molar-refractivity contribution in [2.75, 3.05) is 5.75 Å². The van der Waals surface area contributed by atoms with E-state index in [1.165, 1.54) is 11.8 Å². The molecule has 0 radical (unpaired) electrons. The van der Waals surface area contributed by atoms with Crippen LogP contribution < -0.4 is 0 Å². The van der Waals surface area contributed by atoms with E-state index in [4.69, 9.17) is 10.00 Å². The van der Waals surface area contributed by atoms with Gasteiger partial charge in [-0.05, 0) is 45.4 Å². The number of aryl methyl sites for hydroxylation is 1. The van der Waals surface area contributed by atoms with Crippen molar-refractivity contribution in [2.24, 2.45) is 0 Å². The highest BCUT2D eigenvalue weighted by molar-refractivity contribution is 8.00. The maximum atomic E-state index is 11.6. The van der Waals surface area contributed by atoms with Gasteiger partial charge in [-0.25, -0.2) is 0 Å². The van der Waals surface area contributed by atoms with Crippen LogP contribution in [0, 0.1) is 18.3 Å². The van der Waals surface area contributed by atoms with E-state index in [1.807, 2.05) is 39.8 Å². The Bertz CT molecular complexity index is 484. The first kappa shape index (κ1) is 14.6. The molecule has 4 heteroatoms. The summed E-state index contributed by atoms with van der Waals surface area (Å²) in [5.74, 6) is -0.0482. The SMILES string of the molecule is Cc1ccc(C#N)c(SCC(=O)OC(C)(C)C)c1. The molecular formula is C14H17NO2S. The molecule has 1 aromatic rings. The maximum Gasteiger partial charge on any atom is 0.316 e. The van der Waals surface area contributed by atoms with E-state index in [0.717, 1.165) is 10.5 Å². The third kappa shape index (κ3) is 4.80. The van der Waals surface area contributed by atoms with Gasteiger partial charge in [-0.1, -0.05) is 6.07 Å². The van der Waals surface area contributed by atoms with E-state index in [1.54, 1.807) is 6.07 Å². The molecule has 0 N–H and O–H groups in total. The van der Waals surface area contributed by atoms with Crippen molar-refractivity contribution in [1.29, 1.82) is 5.26 Å². The lowest BCUT2D eigenvalue weighted by Gasteiger charge is -2.19. The summed E-state index contributed by atoms with van der Waals surface area (Å²) in [7, 11) is 0. The number of nitriles is 1. The zero-order valence-corrected chi connectivity index (χ0v) is 11.9. The predicted molar refractivity (Wildman–Crippen MR) is 72.5 cm³/mol. The second-order valence-corrected chi connectivity index (χ2v) is 6.00. The fourth-order valence-corrected chi connectivity index (χ4v) is 2.22. The molecule has 0 bridgehead atoms. The van der Waals surface area contributed by atoms with Crippen LogP contribution in [0.15, 0.2) is 23.1 Å².